The van der Waals surface area contributed by atoms with Crippen molar-refractivity contribution < 1.29 is 14.4 Å². The van der Waals surface area contributed by atoms with Crippen molar-refractivity contribution in [1.29, 1.82) is 0 Å². The van der Waals surface area contributed by atoms with E-state index in [1.807, 2.05) is 0 Å². The van der Waals surface area contributed by atoms with Gasteiger partial charge in [-0.15, -0.1) is 0 Å². The molecule has 0 aliphatic heterocycles. The van der Waals surface area contributed by atoms with Gasteiger partial charge in [-0.05, 0) is 31.2 Å². The molecule has 0 fully saturated rings. The molecule has 28 heavy (non-hydrogen) atoms. The van der Waals surface area contributed by atoms with Gasteiger partial charge in [0.05, 0.1) is 0 Å². The lowest BCUT2D eigenvalue weighted by Crippen LogP contribution is -2.38. The van der Waals surface area contributed by atoms with Crippen LogP contribution in [0.5, 0.6) is 0 Å². The van der Waals surface area contributed by atoms with Crippen LogP contribution in [0.15, 0.2) is 42.7 Å². The summed E-state index contributed by atoms with van der Waals surface area (Å²) in [6.07, 6.45) is 3.33. The fraction of sp³-hybridized carbons (Fsp3) is 0.368. The summed E-state index contributed by atoms with van der Waals surface area (Å²) in [5.74, 6) is -0.371. The van der Waals surface area contributed by atoms with Crippen LogP contribution >= 0.6 is 0 Å². The number of nitrogens with one attached hydrogen (secondary N) is 4. The van der Waals surface area contributed by atoms with Crippen molar-refractivity contribution in [3.8, 4) is 0 Å². The predicted octanol–water partition coefficient (Wildman–Crippen LogP) is 1.98. The molecule has 2 aromatic rings. The lowest BCUT2D eigenvalue weighted by atomic mass is 10.2. The summed E-state index contributed by atoms with van der Waals surface area (Å²) in [5, 5.41) is 14.9. The van der Waals surface area contributed by atoms with Crippen molar-refractivity contribution in [2.45, 2.75) is 26.8 Å². The van der Waals surface area contributed by atoms with E-state index in [1.54, 1.807) is 68.2 Å². The Morgan fingerprint density at radius 3 is 2.29 bits per heavy atom. The van der Waals surface area contributed by atoms with Gasteiger partial charge in [0.25, 0.3) is 0 Å². The number of urea groups is 1. The normalized spacial score (nSPS) is 11.6. The number of aromatic nitrogens is 2. The Balaban J connectivity index is 1.81. The van der Waals surface area contributed by atoms with Gasteiger partial charge < -0.3 is 21.3 Å². The fourth-order valence-corrected chi connectivity index (χ4v) is 2.29. The van der Waals surface area contributed by atoms with E-state index >= 15 is 0 Å². The summed E-state index contributed by atoms with van der Waals surface area (Å²) in [6, 6.07) is 7.73. The fourth-order valence-electron chi connectivity index (χ4n) is 2.29. The zero-order valence-corrected chi connectivity index (χ0v) is 16.2. The number of anilines is 2. The van der Waals surface area contributed by atoms with Crippen molar-refractivity contribution in [1.82, 2.24) is 20.4 Å². The van der Waals surface area contributed by atoms with Gasteiger partial charge in [-0.1, -0.05) is 19.9 Å². The molecular weight excluding hydrogens is 360 g/mol. The molecule has 9 heteroatoms. The summed E-state index contributed by atoms with van der Waals surface area (Å²) >= 11 is 0. The van der Waals surface area contributed by atoms with Gasteiger partial charge >= 0.3 is 6.03 Å². The summed E-state index contributed by atoms with van der Waals surface area (Å²) in [6.45, 7) is 6.01. The minimum atomic E-state index is -0.462. The number of carbonyl (C=O) groups excluding carboxylic acids is 3. The van der Waals surface area contributed by atoms with Crippen molar-refractivity contribution in [3.63, 3.8) is 0 Å². The number of benzene rings is 1. The third-order valence-corrected chi connectivity index (χ3v) is 3.92. The lowest BCUT2D eigenvalue weighted by molar-refractivity contribution is -0.124. The topological polar surface area (TPSA) is 117 Å². The summed E-state index contributed by atoms with van der Waals surface area (Å²) in [4.78, 5) is 35.7. The molecule has 1 unspecified atom stereocenters. The SMILES string of the molecule is CC(C)C(=O)NCCNC(=O)Nc1cccc(NC(=O)C(C)n2cccn2)c1. The van der Waals surface area contributed by atoms with Gasteiger partial charge in [0.1, 0.15) is 6.04 Å². The highest BCUT2D eigenvalue weighted by molar-refractivity contribution is 5.95. The Kier molecular flexibility index (Phi) is 7.55. The van der Waals surface area contributed by atoms with E-state index in [2.05, 4.69) is 26.4 Å². The highest BCUT2D eigenvalue weighted by atomic mass is 16.2. The van der Waals surface area contributed by atoms with Crippen molar-refractivity contribution in [3.05, 3.63) is 42.7 Å². The Bertz CT molecular complexity index is 804. The highest BCUT2D eigenvalue weighted by Crippen LogP contribution is 2.16. The Hall–Kier alpha value is -3.36. The highest BCUT2D eigenvalue weighted by Gasteiger charge is 2.15. The first-order valence-corrected chi connectivity index (χ1v) is 9.09. The molecule has 4 N–H and O–H groups in total. The van der Waals surface area contributed by atoms with E-state index in [-0.39, 0.29) is 17.7 Å². The standard InChI is InChI=1S/C19H26N6O3/c1-13(2)17(26)20-9-10-21-19(28)24-16-7-4-6-15(12-16)23-18(27)14(3)25-11-5-8-22-25/h4-8,11-14H,9-10H2,1-3H3,(H,20,26)(H,23,27)(H2,21,24,28). The molecule has 1 aromatic heterocycles. The van der Waals surface area contributed by atoms with E-state index in [9.17, 15) is 14.4 Å². The second kappa shape index (κ2) is 10.1. The molecule has 1 atom stereocenters. The Labute approximate surface area is 163 Å². The smallest absolute Gasteiger partial charge is 0.319 e. The molecule has 0 radical (unpaired) electrons. The summed E-state index contributed by atoms with van der Waals surface area (Å²) in [5.41, 5.74) is 1.10. The van der Waals surface area contributed by atoms with E-state index < -0.39 is 12.1 Å². The maximum Gasteiger partial charge on any atom is 0.319 e. The molecule has 0 saturated carbocycles. The largest absolute Gasteiger partial charge is 0.354 e. The van der Waals surface area contributed by atoms with Crippen LogP contribution < -0.4 is 21.3 Å². The molecule has 0 bridgehead atoms. The molecular formula is C19H26N6O3. The maximum atomic E-state index is 12.3. The number of hydrogen-bond donors (Lipinski definition) is 4. The number of rotatable bonds is 8. The quantitative estimate of drug-likeness (QED) is 0.519. The average Bonchev–Trinajstić information content (AvgIpc) is 3.19. The van der Waals surface area contributed by atoms with Crippen molar-refractivity contribution >= 4 is 29.2 Å². The van der Waals surface area contributed by atoms with Crippen molar-refractivity contribution in [2.75, 3.05) is 23.7 Å². The van der Waals surface area contributed by atoms with Gasteiger partial charge in [-0.3, -0.25) is 14.3 Å². The van der Waals surface area contributed by atoms with Crippen LogP contribution in [-0.4, -0.2) is 40.7 Å². The number of carbonyl (C=O) groups is 3. The Morgan fingerprint density at radius 2 is 1.64 bits per heavy atom. The first kappa shape index (κ1) is 20.9. The number of hydrogen-bond acceptors (Lipinski definition) is 4. The van der Waals surface area contributed by atoms with Crippen LogP contribution in [0, 0.1) is 5.92 Å². The monoisotopic (exact) mass is 386 g/mol. The van der Waals surface area contributed by atoms with Crippen LogP contribution in [0.4, 0.5) is 16.2 Å². The second-order valence-corrected chi connectivity index (χ2v) is 6.56. The van der Waals surface area contributed by atoms with Gasteiger partial charge in [0.2, 0.25) is 11.8 Å². The number of amides is 4. The van der Waals surface area contributed by atoms with Gasteiger partial charge in [-0.25, -0.2) is 4.79 Å². The molecule has 2 rings (SSSR count). The summed E-state index contributed by atoms with van der Waals surface area (Å²) in [7, 11) is 0. The number of nitrogens with zero attached hydrogens (tertiary/aromatic N) is 2. The molecule has 0 spiro atoms. The lowest BCUT2D eigenvalue weighted by Gasteiger charge is -2.14. The third kappa shape index (κ3) is 6.42. The Morgan fingerprint density at radius 1 is 0.964 bits per heavy atom. The molecule has 4 amide bonds. The van der Waals surface area contributed by atoms with Crippen molar-refractivity contribution in [2.24, 2.45) is 5.92 Å². The van der Waals surface area contributed by atoms with Crippen LogP contribution in [0.1, 0.15) is 26.8 Å². The van der Waals surface area contributed by atoms with Gasteiger partial charge in [0.15, 0.2) is 0 Å². The second-order valence-electron chi connectivity index (χ2n) is 6.56. The molecule has 1 heterocycles. The third-order valence-electron chi connectivity index (χ3n) is 3.92. The minimum absolute atomic E-state index is 0.0602. The molecule has 0 saturated heterocycles. The molecule has 150 valence electrons. The summed E-state index contributed by atoms with van der Waals surface area (Å²) < 4.78 is 1.56. The van der Waals surface area contributed by atoms with Crippen LogP contribution in [0.25, 0.3) is 0 Å². The minimum Gasteiger partial charge on any atom is -0.354 e. The van der Waals surface area contributed by atoms with Crippen LogP contribution in [0.2, 0.25) is 0 Å². The van der Waals surface area contributed by atoms with Crippen LogP contribution in [-0.2, 0) is 9.59 Å². The molecule has 9 nitrogen and oxygen atoms in total. The first-order chi connectivity index (χ1) is 13.4. The molecule has 0 aliphatic carbocycles. The van der Waals surface area contributed by atoms with E-state index in [0.29, 0.717) is 24.5 Å². The molecule has 0 aliphatic rings. The van der Waals surface area contributed by atoms with E-state index in [4.69, 9.17) is 0 Å². The molecule has 1 aromatic carbocycles. The first-order valence-electron chi connectivity index (χ1n) is 9.09. The van der Waals surface area contributed by atoms with E-state index in [1.165, 1.54) is 0 Å². The predicted molar refractivity (Wildman–Crippen MR) is 107 cm³/mol. The van der Waals surface area contributed by atoms with Crippen LogP contribution in [0.3, 0.4) is 0 Å². The van der Waals surface area contributed by atoms with Gasteiger partial charge in [0, 0.05) is 42.8 Å². The van der Waals surface area contributed by atoms with E-state index in [0.717, 1.165) is 0 Å². The maximum absolute atomic E-state index is 12.3. The van der Waals surface area contributed by atoms with Gasteiger partial charge in [-0.2, -0.15) is 5.10 Å². The zero-order chi connectivity index (χ0) is 20.5. The zero-order valence-electron chi connectivity index (χ0n) is 16.2. The average molecular weight is 386 g/mol.